The standard InChI is InChI=1S/C35H37N3O6/c1-21-12-15-27-29(16-21)36-28(23-8-4-3-5-9-23)18-31(27)44-26-17-30-32(40)37-35(34(42)43)19-24(35)10-6-7-11-25(39)14-13-22(2)33(41)38(30)20-26/h3-6,8-10,12,15-16,18,22,24,26,30H,7,11,13-14,17,19-20H2,1-2H3,(H,37,40)(H,42,43)/b10-6-/t22-,24-,26?,30-,35+/m0/s1. The van der Waals surface area contributed by atoms with Gasteiger partial charge >= 0.3 is 5.97 Å². The number of rotatable bonds is 4. The summed E-state index contributed by atoms with van der Waals surface area (Å²) in [5.74, 6) is -2.04. The largest absolute Gasteiger partial charge is 0.488 e. The maximum absolute atomic E-state index is 13.8. The summed E-state index contributed by atoms with van der Waals surface area (Å²) in [6, 6.07) is 16.7. The van der Waals surface area contributed by atoms with E-state index in [1.165, 1.54) is 4.90 Å². The Bertz CT molecular complexity index is 1650. The molecule has 0 spiro atoms. The number of allylic oxidation sites excluding steroid dienone is 1. The molecule has 2 fully saturated rings. The predicted molar refractivity (Wildman–Crippen MR) is 165 cm³/mol. The maximum Gasteiger partial charge on any atom is 0.330 e. The van der Waals surface area contributed by atoms with Gasteiger partial charge in [-0.2, -0.15) is 0 Å². The third-order valence-corrected chi connectivity index (χ3v) is 9.12. The van der Waals surface area contributed by atoms with Crippen LogP contribution in [0, 0.1) is 18.8 Å². The molecule has 5 atom stereocenters. The quantitative estimate of drug-likeness (QED) is 0.413. The van der Waals surface area contributed by atoms with Crippen molar-refractivity contribution in [2.75, 3.05) is 6.54 Å². The summed E-state index contributed by atoms with van der Waals surface area (Å²) < 4.78 is 6.60. The Morgan fingerprint density at radius 3 is 2.66 bits per heavy atom. The van der Waals surface area contributed by atoms with Crippen molar-refractivity contribution in [3.8, 4) is 17.0 Å². The molecule has 1 aromatic heterocycles. The molecule has 9 nitrogen and oxygen atoms in total. The van der Waals surface area contributed by atoms with Crippen LogP contribution in [0.3, 0.4) is 0 Å². The van der Waals surface area contributed by atoms with E-state index < -0.39 is 35.5 Å². The van der Waals surface area contributed by atoms with Gasteiger partial charge in [0, 0.05) is 48.1 Å². The van der Waals surface area contributed by atoms with Crippen molar-refractivity contribution >= 4 is 34.5 Å². The van der Waals surface area contributed by atoms with Crippen LogP contribution in [0.2, 0.25) is 0 Å². The number of ether oxygens (including phenoxy) is 1. The molecule has 2 amide bonds. The van der Waals surface area contributed by atoms with E-state index in [1.807, 2.05) is 67.6 Å². The Labute approximate surface area is 256 Å². The highest BCUT2D eigenvalue weighted by Gasteiger charge is 2.61. The van der Waals surface area contributed by atoms with Gasteiger partial charge in [0.05, 0.1) is 17.8 Å². The molecule has 1 unspecified atom stereocenters. The number of aliphatic carboxylic acids is 1. The van der Waals surface area contributed by atoms with Gasteiger partial charge in [0.25, 0.3) is 0 Å². The van der Waals surface area contributed by atoms with Crippen molar-refractivity contribution in [3.05, 3.63) is 72.3 Å². The summed E-state index contributed by atoms with van der Waals surface area (Å²) in [6.07, 6.45) is 5.06. The molecule has 1 saturated heterocycles. The number of nitrogens with zero attached hydrogens (tertiary/aromatic N) is 2. The lowest BCUT2D eigenvalue weighted by atomic mass is 10.00. The number of hydrogen-bond acceptors (Lipinski definition) is 6. The normalized spacial score (nSPS) is 28.3. The average molecular weight is 596 g/mol. The number of pyridine rings is 1. The van der Waals surface area contributed by atoms with E-state index in [2.05, 4.69) is 5.32 Å². The van der Waals surface area contributed by atoms with Crippen molar-refractivity contribution in [2.24, 2.45) is 11.8 Å². The summed E-state index contributed by atoms with van der Waals surface area (Å²) in [7, 11) is 0. The van der Waals surface area contributed by atoms with Crippen molar-refractivity contribution in [1.29, 1.82) is 0 Å². The molecule has 3 heterocycles. The number of Topliss-reactive ketones (excluding diaryl/α,β-unsaturated/α-hetero) is 1. The van der Waals surface area contributed by atoms with E-state index >= 15 is 0 Å². The van der Waals surface area contributed by atoms with Gasteiger partial charge in [-0.3, -0.25) is 14.4 Å². The summed E-state index contributed by atoms with van der Waals surface area (Å²) in [5.41, 5.74) is 2.10. The van der Waals surface area contributed by atoms with Crippen LogP contribution in [0.25, 0.3) is 22.2 Å². The second kappa shape index (κ2) is 11.9. The minimum atomic E-state index is -1.42. The molecule has 2 aromatic carbocycles. The SMILES string of the molecule is Cc1ccc2c(OC3C[C@H]4C(=O)N[C@]5(C(=O)O)C[C@@H]5/C=C\CCC(=O)CC[C@H](C)C(=O)N4C3)cc(-c3ccccc3)nc2c1. The van der Waals surface area contributed by atoms with E-state index in [-0.39, 0.29) is 43.4 Å². The first kappa shape index (κ1) is 29.5. The number of ketones is 1. The van der Waals surface area contributed by atoms with Crippen LogP contribution in [-0.4, -0.2) is 62.8 Å². The van der Waals surface area contributed by atoms with E-state index in [1.54, 1.807) is 13.0 Å². The first-order valence-electron chi connectivity index (χ1n) is 15.3. The molecule has 0 bridgehead atoms. The molecule has 2 N–H and O–H groups in total. The van der Waals surface area contributed by atoms with Crippen LogP contribution in [-0.2, 0) is 19.2 Å². The molecule has 0 radical (unpaired) electrons. The first-order valence-corrected chi connectivity index (χ1v) is 15.3. The van der Waals surface area contributed by atoms with Crippen LogP contribution in [0.1, 0.15) is 51.0 Å². The highest BCUT2D eigenvalue weighted by atomic mass is 16.5. The number of benzene rings is 2. The van der Waals surface area contributed by atoms with Gasteiger partial charge in [-0.05, 0) is 43.9 Å². The minimum absolute atomic E-state index is 0.0619. The van der Waals surface area contributed by atoms with Gasteiger partial charge in [0.15, 0.2) is 0 Å². The number of fused-ring (bicyclic) bond motifs is 3. The summed E-state index contributed by atoms with van der Waals surface area (Å²) in [4.78, 5) is 58.7. The summed E-state index contributed by atoms with van der Waals surface area (Å²) in [6.45, 7) is 3.94. The van der Waals surface area contributed by atoms with E-state index in [0.29, 0.717) is 25.0 Å². The molecule has 3 aliphatic rings. The minimum Gasteiger partial charge on any atom is -0.488 e. The van der Waals surface area contributed by atoms with Crippen molar-refractivity contribution in [2.45, 2.75) is 70.1 Å². The molecule has 1 aliphatic carbocycles. The zero-order chi connectivity index (χ0) is 31.0. The lowest BCUT2D eigenvalue weighted by Crippen LogP contribution is -2.53. The number of aromatic nitrogens is 1. The zero-order valence-electron chi connectivity index (χ0n) is 25.0. The highest BCUT2D eigenvalue weighted by molar-refractivity contribution is 5.95. The lowest BCUT2D eigenvalue weighted by molar-refractivity contribution is -0.146. The topological polar surface area (TPSA) is 126 Å². The number of aryl methyl sites for hydroxylation is 1. The van der Waals surface area contributed by atoms with Crippen molar-refractivity contribution in [3.63, 3.8) is 0 Å². The van der Waals surface area contributed by atoms with Crippen LogP contribution >= 0.6 is 0 Å². The average Bonchev–Trinajstić information content (AvgIpc) is 3.55. The number of carboxylic acids is 1. The Kier molecular flexibility index (Phi) is 7.97. The molecule has 44 heavy (non-hydrogen) atoms. The van der Waals surface area contributed by atoms with Crippen LogP contribution in [0.4, 0.5) is 0 Å². The second-order valence-corrected chi connectivity index (χ2v) is 12.4. The molecule has 2 aliphatic heterocycles. The molecule has 3 aromatic rings. The second-order valence-electron chi connectivity index (χ2n) is 12.4. The molecule has 1 saturated carbocycles. The van der Waals surface area contributed by atoms with Crippen LogP contribution in [0.5, 0.6) is 5.75 Å². The summed E-state index contributed by atoms with van der Waals surface area (Å²) in [5, 5.41) is 13.7. The number of hydrogen-bond donors (Lipinski definition) is 2. The van der Waals surface area contributed by atoms with Crippen LogP contribution in [0.15, 0.2) is 66.7 Å². The van der Waals surface area contributed by atoms with Crippen molar-refractivity contribution in [1.82, 2.24) is 15.2 Å². The zero-order valence-corrected chi connectivity index (χ0v) is 25.0. The van der Waals surface area contributed by atoms with Gasteiger partial charge in [0.1, 0.15) is 29.2 Å². The molecular formula is C35H37N3O6. The predicted octanol–water partition coefficient (Wildman–Crippen LogP) is 4.85. The fourth-order valence-electron chi connectivity index (χ4n) is 6.40. The molecule has 228 valence electrons. The summed E-state index contributed by atoms with van der Waals surface area (Å²) >= 11 is 0. The van der Waals surface area contributed by atoms with Crippen molar-refractivity contribution < 1.29 is 29.0 Å². The number of carboxylic acid groups (broad SMARTS) is 1. The smallest absolute Gasteiger partial charge is 0.330 e. The van der Waals surface area contributed by atoms with E-state index in [9.17, 15) is 24.3 Å². The Morgan fingerprint density at radius 2 is 1.89 bits per heavy atom. The van der Waals surface area contributed by atoms with Gasteiger partial charge in [-0.1, -0.05) is 55.5 Å². The van der Waals surface area contributed by atoms with Crippen LogP contribution < -0.4 is 10.1 Å². The Morgan fingerprint density at radius 1 is 1.09 bits per heavy atom. The number of amides is 2. The number of carbonyl (C=O) groups is 4. The monoisotopic (exact) mass is 595 g/mol. The third kappa shape index (κ3) is 5.83. The number of carbonyl (C=O) groups excluding carboxylic acids is 3. The Balaban J connectivity index is 1.32. The third-order valence-electron chi connectivity index (χ3n) is 9.12. The number of nitrogens with one attached hydrogen (secondary N) is 1. The van der Waals surface area contributed by atoms with E-state index in [0.717, 1.165) is 27.7 Å². The van der Waals surface area contributed by atoms with Gasteiger partial charge in [-0.25, -0.2) is 9.78 Å². The first-order chi connectivity index (χ1) is 21.1. The van der Waals surface area contributed by atoms with Gasteiger partial charge in [0.2, 0.25) is 11.8 Å². The van der Waals surface area contributed by atoms with Gasteiger partial charge in [-0.15, -0.1) is 0 Å². The maximum atomic E-state index is 13.8. The Hall–Kier alpha value is -4.53. The fraction of sp³-hybridized carbons (Fsp3) is 0.400. The highest BCUT2D eigenvalue weighted by Crippen LogP contribution is 2.45. The fourth-order valence-corrected chi connectivity index (χ4v) is 6.40. The lowest BCUT2D eigenvalue weighted by Gasteiger charge is -2.27. The molecule has 9 heteroatoms. The molecule has 6 rings (SSSR count). The van der Waals surface area contributed by atoms with E-state index in [4.69, 9.17) is 9.72 Å². The van der Waals surface area contributed by atoms with Gasteiger partial charge < -0.3 is 20.1 Å². The molecular weight excluding hydrogens is 558 g/mol.